The first-order valence-corrected chi connectivity index (χ1v) is 8.62. The Kier molecular flexibility index (Phi) is 7.16. The number of carbonyl (C=O) groups is 1. The van der Waals surface area contributed by atoms with E-state index < -0.39 is 10.0 Å². The lowest BCUT2D eigenvalue weighted by atomic mass is 10.3. The van der Waals surface area contributed by atoms with Crippen LogP contribution in [0.2, 0.25) is 0 Å². The van der Waals surface area contributed by atoms with Gasteiger partial charge in [-0.3, -0.25) is 4.79 Å². The molecule has 0 heterocycles. The van der Waals surface area contributed by atoms with Crippen molar-refractivity contribution in [2.45, 2.75) is 11.3 Å². The lowest BCUT2D eigenvalue weighted by Gasteiger charge is -2.12. The van der Waals surface area contributed by atoms with Crippen molar-refractivity contribution in [3.05, 3.63) is 24.3 Å². The molecule has 0 aliphatic rings. The van der Waals surface area contributed by atoms with E-state index in [0.29, 0.717) is 24.5 Å². The molecule has 0 aromatic heterocycles. The minimum atomic E-state index is -3.57. The molecule has 1 aromatic carbocycles. The van der Waals surface area contributed by atoms with Crippen LogP contribution in [0.15, 0.2) is 29.2 Å². The number of anilines is 1. The van der Waals surface area contributed by atoms with Crippen molar-refractivity contribution >= 4 is 34.2 Å². The van der Waals surface area contributed by atoms with Crippen molar-refractivity contribution < 1.29 is 13.2 Å². The molecule has 118 valence electrons. The van der Waals surface area contributed by atoms with E-state index in [1.807, 2.05) is 19.0 Å². The van der Waals surface area contributed by atoms with Gasteiger partial charge in [-0.15, -0.1) is 0 Å². The molecule has 0 unspecified atom stereocenters. The summed E-state index contributed by atoms with van der Waals surface area (Å²) in [5.74, 6) is 0.246. The maximum absolute atomic E-state index is 12.1. The van der Waals surface area contributed by atoms with E-state index in [2.05, 4.69) is 22.7 Å². The molecule has 8 heteroatoms. The molecular formula is C13H21N3O3S2. The fourth-order valence-electron chi connectivity index (χ4n) is 1.55. The van der Waals surface area contributed by atoms with E-state index in [4.69, 9.17) is 0 Å². The van der Waals surface area contributed by atoms with Gasteiger partial charge < -0.3 is 10.2 Å². The third kappa shape index (κ3) is 6.47. The number of hydrogen-bond donors (Lipinski definition) is 3. The van der Waals surface area contributed by atoms with Crippen LogP contribution in [0.5, 0.6) is 0 Å². The molecule has 0 bridgehead atoms. The van der Waals surface area contributed by atoms with E-state index in [1.54, 1.807) is 12.1 Å². The number of benzene rings is 1. The van der Waals surface area contributed by atoms with E-state index in [9.17, 15) is 13.2 Å². The molecule has 1 amide bonds. The second-order valence-corrected chi connectivity index (χ2v) is 6.96. The molecule has 6 nitrogen and oxygen atoms in total. The topological polar surface area (TPSA) is 78.5 Å². The quantitative estimate of drug-likeness (QED) is 0.615. The van der Waals surface area contributed by atoms with Crippen LogP contribution in [0.1, 0.15) is 6.42 Å². The number of sulfonamides is 1. The number of thiol groups is 1. The Hall–Kier alpha value is -1.09. The van der Waals surface area contributed by atoms with Crippen molar-refractivity contribution in [1.82, 2.24) is 9.62 Å². The molecule has 2 N–H and O–H groups in total. The van der Waals surface area contributed by atoms with Crippen LogP contribution in [-0.4, -0.2) is 52.2 Å². The van der Waals surface area contributed by atoms with Crippen molar-refractivity contribution in [2.24, 2.45) is 0 Å². The summed E-state index contributed by atoms with van der Waals surface area (Å²) in [6.07, 6.45) is 0.279. The first-order valence-electron chi connectivity index (χ1n) is 6.50. The molecule has 21 heavy (non-hydrogen) atoms. The van der Waals surface area contributed by atoms with Gasteiger partial charge in [0.25, 0.3) is 0 Å². The van der Waals surface area contributed by atoms with Gasteiger partial charge in [-0.1, -0.05) is 6.07 Å². The average molecular weight is 331 g/mol. The summed E-state index contributed by atoms with van der Waals surface area (Å²) in [5, 5.41) is 2.64. The third-order valence-electron chi connectivity index (χ3n) is 2.62. The third-order valence-corrected chi connectivity index (χ3v) is 4.30. The summed E-state index contributed by atoms with van der Waals surface area (Å²) in [5.41, 5.74) is 0.456. The molecule has 0 aliphatic carbocycles. The molecule has 0 fully saturated rings. The molecule has 0 atom stereocenters. The monoisotopic (exact) mass is 331 g/mol. The fraction of sp³-hybridized carbons (Fsp3) is 0.462. The summed E-state index contributed by atoms with van der Waals surface area (Å²) >= 11 is 3.98. The summed E-state index contributed by atoms with van der Waals surface area (Å²) in [4.78, 5) is 13.5. The van der Waals surface area contributed by atoms with Gasteiger partial charge in [-0.25, -0.2) is 13.1 Å². The van der Waals surface area contributed by atoms with Gasteiger partial charge in [0.2, 0.25) is 15.9 Å². The second kappa shape index (κ2) is 8.38. The van der Waals surface area contributed by atoms with Crippen LogP contribution in [-0.2, 0) is 14.8 Å². The summed E-state index contributed by atoms with van der Waals surface area (Å²) in [7, 11) is 0.164. The van der Waals surface area contributed by atoms with E-state index in [1.165, 1.54) is 12.1 Å². The van der Waals surface area contributed by atoms with Crippen molar-refractivity contribution in [2.75, 3.05) is 38.3 Å². The molecule has 0 saturated carbocycles. The molecule has 1 rings (SSSR count). The van der Waals surface area contributed by atoms with Gasteiger partial charge in [-0.05, 0) is 38.0 Å². The molecule has 0 saturated heterocycles. The largest absolute Gasteiger partial charge is 0.326 e. The zero-order valence-corrected chi connectivity index (χ0v) is 13.9. The van der Waals surface area contributed by atoms with Crippen LogP contribution in [0.3, 0.4) is 0 Å². The molecule has 0 radical (unpaired) electrons. The number of rotatable bonds is 8. The number of hydrogen-bond acceptors (Lipinski definition) is 5. The Morgan fingerprint density at radius 1 is 1.33 bits per heavy atom. The number of carbonyl (C=O) groups excluding carboxylic acids is 1. The zero-order chi connectivity index (χ0) is 15.9. The Balaban J connectivity index is 2.76. The molecular weight excluding hydrogens is 310 g/mol. The Bertz CT molecular complexity index is 574. The van der Waals surface area contributed by atoms with Gasteiger partial charge in [0.1, 0.15) is 0 Å². The highest BCUT2D eigenvalue weighted by molar-refractivity contribution is 7.89. The molecule has 1 aromatic rings. The number of nitrogens with zero attached hydrogens (tertiary/aromatic N) is 1. The second-order valence-electron chi connectivity index (χ2n) is 4.75. The predicted molar refractivity (Wildman–Crippen MR) is 87.3 cm³/mol. The Labute approximate surface area is 131 Å². The van der Waals surface area contributed by atoms with Crippen LogP contribution in [0.4, 0.5) is 5.69 Å². The lowest BCUT2D eigenvalue weighted by molar-refractivity contribution is -0.115. The highest BCUT2D eigenvalue weighted by Crippen LogP contribution is 2.15. The van der Waals surface area contributed by atoms with Gasteiger partial charge in [-0.2, -0.15) is 12.6 Å². The Morgan fingerprint density at radius 3 is 2.67 bits per heavy atom. The maximum atomic E-state index is 12.1. The van der Waals surface area contributed by atoms with Gasteiger partial charge in [0.05, 0.1) is 4.90 Å². The van der Waals surface area contributed by atoms with Gasteiger partial charge >= 0.3 is 0 Å². The number of likely N-dealkylation sites (N-methyl/N-ethyl adjacent to an activating group) is 1. The average Bonchev–Trinajstić information content (AvgIpc) is 2.38. The van der Waals surface area contributed by atoms with Crippen molar-refractivity contribution in [3.63, 3.8) is 0 Å². The van der Waals surface area contributed by atoms with Crippen molar-refractivity contribution in [1.29, 1.82) is 0 Å². The maximum Gasteiger partial charge on any atom is 0.240 e. The normalized spacial score (nSPS) is 11.6. The molecule has 0 spiro atoms. The van der Waals surface area contributed by atoms with Crippen LogP contribution in [0, 0.1) is 0 Å². The van der Waals surface area contributed by atoms with Crippen LogP contribution in [0.25, 0.3) is 0 Å². The minimum absolute atomic E-state index is 0.130. The van der Waals surface area contributed by atoms with Gasteiger partial charge in [0.15, 0.2) is 0 Å². The first-order chi connectivity index (χ1) is 9.85. The van der Waals surface area contributed by atoms with E-state index in [-0.39, 0.29) is 17.2 Å². The van der Waals surface area contributed by atoms with Crippen LogP contribution < -0.4 is 10.0 Å². The summed E-state index contributed by atoms with van der Waals surface area (Å²) < 4.78 is 26.8. The van der Waals surface area contributed by atoms with Crippen molar-refractivity contribution in [3.8, 4) is 0 Å². The fourth-order valence-corrected chi connectivity index (χ4v) is 2.82. The lowest BCUT2D eigenvalue weighted by Crippen LogP contribution is -2.31. The van der Waals surface area contributed by atoms with Crippen LogP contribution >= 0.6 is 12.6 Å². The molecule has 0 aliphatic heterocycles. The first kappa shape index (κ1) is 18.0. The smallest absolute Gasteiger partial charge is 0.240 e. The Morgan fingerprint density at radius 2 is 2.05 bits per heavy atom. The summed E-state index contributed by atoms with van der Waals surface area (Å²) in [6.45, 7) is 0.934. The van der Waals surface area contributed by atoms with E-state index in [0.717, 1.165) is 0 Å². The highest BCUT2D eigenvalue weighted by atomic mass is 32.2. The zero-order valence-electron chi connectivity index (χ0n) is 12.2. The minimum Gasteiger partial charge on any atom is -0.326 e. The number of nitrogens with one attached hydrogen (secondary N) is 2. The standard InChI is InChI=1S/C13H21N3O3S2/c1-16(2)8-7-14-21(18,19)12-5-3-4-11(10-12)15-13(17)6-9-20/h3-5,10,14,20H,6-9H2,1-2H3,(H,15,17). The summed E-state index contributed by atoms with van der Waals surface area (Å²) in [6, 6.07) is 6.17. The SMILES string of the molecule is CN(C)CCNS(=O)(=O)c1cccc(NC(=O)CCS)c1. The van der Waals surface area contributed by atoms with E-state index >= 15 is 0 Å². The highest BCUT2D eigenvalue weighted by Gasteiger charge is 2.14. The van der Waals surface area contributed by atoms with Gasteiger partial charge in [0, 0.05) is 25.2 Å². The predicted octanol–water partition coefficient (Wildman–Crippen LogP) is 0.785. The number of amides is 1.